The summed E-state index contributed by atoms with van der Waals surface area (Å²) >= 11 is 0. The van der Waals surface area contributed by atoms with Gasteiger partial charge in [-0.2, -0.15) is 0 Å². The molecular formula is C13H18N2O5. The summed E-state index contributed by atoms with van der Waals surface area (Å²) in [5, 5.41) is 13.6. The SMILES string of the molecule is CCNC(CCOc1cccc([N+](=O)[O-])c1)C(=O)OC. The lowest BCUT2D eigenvalue weighted by Gasteiger charge is -2.15. The highest BCUT2D eigenvalue weighted by atomic mass is 16.6. The minimum Gasteiger partial charge on any atom is -0.493 e. The summed E-state index contributed by atoms with van der Waals surface area (Å²) in [5.74, 6) is 0.0498. The summed E-state index contributed by atoms with van der Waals surface area (Å²) in [4.78, 5) is 21.6. The Kier molecular flexibility index (Phi) is 6.45. The van der Waals surface area contributed by atoms with Crippen LogP contribution in [-0.2, 0) is 9.53 Å². The zero-order valence-electron chi connectivity index (χ0n) is 11.5. The molecule has 1 atom stereocenters. The Balaban J connectivity index is 2.52. The lowest BCUT2D eigenvalue weighted by Crippen LogP contribution is -2.38. The summed E-state index contributed by atoms with van der Waals surface area (Å²) in [6, 6.07) is 5.48. The summed E-state index contributed by atoms with van der Waals surface area (Å²) < 4.78 is 10.1. The van der Waals surface area contributed by atoms with Crippen molar-refractivity contribution in [2.24, 2.45) is 0 Å². The van der Waals surface area contributed by atoms with Gasteiger partial charge in [-0.15, -0.1) is 0 Å². The number of carbonyl (C=O) groups excluding carboxylic acids is 1. The molecule has 0 aliphatic carbocycles. The van der Waals surface area contributed by atoms with E-state index in [1.165, 1.54) is 19.2 Å². The second kappa shape index (κ2) is 8.11. The molecule has 110 valence electrons. The minimum atomic E-state index is -0.483. The van der Waals surface area contributed by atoms with Crippen LogP contribution >= 0.6 is 0 Å². The largest absolute Gasteiger partial charge is 0.493 e. The number of rotatable bonds is 8. The lowest BCUT2D eigenvalue weighted by molar-refractivity contribution is -0.384. The molecule has 1 aromatic rings. The van der Waals surface area contributed by atoms with E-state index in [0.29, 0.717) is 18.7 Å². The van der Waals surface area contributed by atoms with E-state index in [-0.39, 0.29) is 18.3 Å². The Hall–Kier alpha value is -2.15. The molecule has 0 saturated carbocycles. The van der Waals surface area contributed by atoms with Gasteiger partial charge in [-0.1, -0.05) is 13.0 Å². The number of nitro benzene ring substituents is 1. The lowest BCUT2D eigenvalue weighted by atomic mass is 10.2. The van der Waals surface area contributed by atoms with Gasteiger partial charge in [0.05, 0.1) is 24.7 Å². The van der Waals surface area contributed by atoms with Gasteiger partial charge >= 0.3 is 5.97 Å². The maximum absolute atomic E-state index is 11.5. The molecule has 1 rings (SSSR count). The van der Waals surface area contributed by atoms with E-state index in [0.717, 1.165) is 0 Å². The molecular weight excluding hydrogens is 264 g/mol. The van der Waals surface area contributed by atoms with Crippen LogP contribution in [-0.4, -0.2) is 37.2 Å². The number of nitrogens with zero attached hydrogens (tertiary/aromatic N) is 1. The number of methoxy groups -OCH3 is 1. The molecule has 20 heavy (non-hydrogen) atoms. The Morgan fingerprint density at radius 2 is 2.25 bits per heavy atom. The Morgan fingerprint density at radius 1 is 1.50 bits per heavy atom. The van der Waals surface area contributed by atoms with Crippen molar-refractivity contribution >= 4 is 11.7 Å². The van der Waals surface area contributed by atoms with Crippen molar-refractivity contribution < 1.29 is 19.2 Å². The predicted molar refractivity (Wildman–Crippen MR) is 72.7 cm³/mol. The van der Waals surface area contributed by atoms with Crippen LogP contribution in [0.4, 0.5) is 5.69 Å². The molecule has 7 heteroatoms. The maximum atomic E-state index is 11.5. The molecule has 0 bridgehead atoms. The highest BCUT2D eigenvalue weighted by molar-refractivity contribution is 5.75. The van der Waals surface area contributed by atoms with E-state index in [4.69, 9.17) is 4.74 Å². The zero-order valence-corrected chi connectivity index (χ0v) is 11.5. The van der Waals surface area contributed by atoms with Gasteiger partial charge in [0.25, 0.3) is 5.69 Å². The zero-order chi connectivity index (χ0) is 15.0. The fourth-order valence-corrected chi connectivity index (χ4v) is 1.67. The third kappa shape index (κ3) is 4.85. The average Bonchev–Trinajstić information content (AvgIpc) is 2.46. The fourth-order valence-electron chi connectivity index (χ4n) is 1.67. The van der Waals surface area contributed by atoms with Gasteiger partial charge in [0.15, 0.2) is 0 Å². The quantitative estimate of drug-likeness (QED) is 0.441. The second-order valence-electron chi connectivity index (χ2n) is 4.03. The molecule has 0 aromatic heterocycles. The number of carbonyl (C=O) groups is 1. The van der Waals surface area contributed by atoms with Crippen LogP contribution in [0.2, 0.25) is 0 Å². The van der Waals surface area contributed by atoms with Crippen LogP contribution in [0.25, 0.3) is 0 Å². The van der Waals surface area contributed by atoms with Crippen molar-refractivity contribution in [1.29, 1.82) is 0 Å². The maximum Gasteiger partial charge on any atom is 0.322 e. The number of esters is 1. The molecule has 1 N–H and O–H groups in total. The number of likely N-dealkylation sites (N-methyl/N-ethyl adjacent to an activating group) is 1. The molecule has 0 fully saturated rings. The molecule has 1 aromatic carbocycles. The fraction of sp³-hybridized carbons (Fsp3) is 0.462. The molecule has 0 amide bonds. The molecule has 0 aliphatic rings. The van der Waals surface area contributed by atoms with Crippen LogP contribution in [0.5, 0.6) is 5.75 Å². The third-order valence-electron chi connectivity index (χ3n) is 2.64. The number of benzene rings is 1. The Morgan fingerprint density at radius 3 is 2.85 bits per heavy atom. The van der Waals surface area contributed by atoms with Crippen LogP contribution in [0.1, 0.15) is 13.3 Å². The number of ether oxygens (including phenoxy) is 2. The van der Waals surface area contributed by atoms with E-state index in [9.17, 15) is 14.9 Å². The molecule has 0 spiro atoms. The van der Waals surface area contributed by atoms with Crippen molar-refractivity contribution in [2.45, 2.75) is 19.4 Å². The molecule has 7 nitrogen and oxygen atoms in total. The van der Waals surface area contributed by atoms with Gasteiger partial charge in [-0.05, 0) is 12.6 Å². The monoisotopic (exact) mass is 282 g/mol. The van der Waals surface area contributed by atoms with Crippen LogP contribution < -0.4 is 10.1 Å². The van der Waals surface area contributed by atoms with Gasteiger partial charge < -0.3 is 14.8 Å². The Bertz CT molecular complexity index is 464. The van der Waals surface area contributed by atoms with Crippen molar-refractivity contribution in [3.8, 4) is 5.75 Å². The Labute approximate surface area is 117 Å². The first kappa shape index (κ1) is 15.9. The molecule has 0 saturated heterocycles. The first-order valence-corrected chi connectivity index (χ1v) is 6.27. The average molecular weight is 282 g/mol. The topological polar surface area (TPSA) is 90.7 Å². The predicted octanol–water partition coefficient (Wildman–Crippen LogP) is 1.51. The van der Waals surface area contributed by atoms with E-state index in [2.05, 4.69) is 10.1 Å². The van der Waals surface area contributed by atoms with E-state index in [1.54, 1.807) is 12.1 Å². The second-order valence-corrected chi connectivity index (χ2v) is 4.03. The summed E-state index contributed by atoms with van der Waals surface area (Å²) in [7, 11) is 1.33. The summed E-state index contributed by atoms with van der Waals surface area (Å²) in [6.07, 6.45) is 0.420. The van der Waals surface area contributed by atoms with Gasteiger partial charge in [-0.3, -0.25) is 14.9 Å². The standard InChI is InChI=1S/C13H18N2O5/c1-3-14-12(13(16)19-2)7-8-20-11-6-4-5-10(9-11)15(17)18/h4-6,9,12,14H,3,7-8H2,1-2H3. The van der Waals surface area contributed by atoms with Gasteiger partial charge in [-0.25, -0.2) is 0 Å². The van der Waals surface area contributed by atoms with Crippen molar-refractivity contribution in [1.82, 2.24) is 5.32 Å². The normalized spacial score (nSPS) is 11.7. The van der Waals surface area contributed by atoms with Crippen molar-refractivity contribution in [3.05, 3.63) is 34.4 Å². The molecule has 0 heterocycles. The van der Waals surface area contributed by atoms with Crippen molar-refractivity contribution in [2.75, 3.05) is 20.3 Å². The number of non-ortho nitro benzene ring substituents is 1. The van der Waals surface area contributed by atoms with E-state index < -0.39 is 11.0 Å². The molecule has 0 aliphatic heterocycles. The smallest absolute Gasteiger partial charge is 0.322 e. The van der Waals surface area contributed by atoms with Gasteiger partial charge in [0.2, 0.25) is 0 Å². The first-order chi connectivity index (χ1) is 9.58. The van der Waals surface area contributed by atoms with Crippen LogP contribution in [0, 0.1) is 10.1 Å². The van der Waals surface area contributed by atoms with Crippen molar-refractivity contribution in [3.63, 3.8) is 0 Å². The van der Waals surface area contributed by atoms with Gasteiger partial charge in [0, 0.05) is 12.5 Å². The van der Waals surface area contributed by atoms with E-state index >= 15 is 0 Å². The van der Waals surface area contributed by atoms with Crippen LogP contribution in [0.15, 0.2) is 24.3 Å². The highest BCUT2D eigenvalue weighted by Gasteiger charge is 2.17. The van der Waals surface area contributed by atoms with E-state index in [1.807, 2.05) is 6.92 Å². The highest BCUT2D eigenvalue weighted by Crippen LogP contribution is 2.19. The minimum absolute atomic E-state index is 0.0290. The summed E-state index contributed by atoms with van der Waals surface area (Å²) in [5.41, 5.74) is -0.0290. The number of nitro groups is 1. The number of hydrogen-bond donors (Lipinski definition) is 1. The van der Waals surface area contributed by atoms with Crippen LogP contribution in [0.3, 0.4) is 0 Å². The van der Waals surface area contributed by atoms with Gasteiger partial charge in [0.1, 0.15) is 11.8 Å². The summed E-state index contributed by atoms with van der Waals surface area (Å²) in [6.45, 7) is 2.78. The molecule has 0 radical (unpaired) electrons. The third-order valence-corrected chi connectivity index (χ3v) is 2.64. The number of nitrogens with one attached hydrogen (secondary N) is 1. The molecule has 1 unspecified atom stereocenters. The first-order valence-electron chi connectivity index (χ1n) is 6.27. The number of hydrogen-bond acceptors (Lipinski definition) is 6.